The number of aromatic amines is 1. The molecule has 1 fully saturated rings. The number of hydrogen-bond acceptors (Lipinski definition) is 5. The normalized spacial score (nSPS) is 13.7. The van der Waals surface area contributed by atoms with E-state index in [1.165, 1.54) is 0 Å². The second-order valence-corrected chi connectivity index (χ2v) is 5.57. The summed E-state index contributed by atoms with van der Waals surface area (Å²) < 4.78 is 10.3. The molecule has 0 aliphatic heterocycles. The van der Waals surface area contributed by atoms with Crippen LogP contribution in [0.2, 0.25) is 0 Å². The van der Waals surface area contributed by atoms with E-state index in [-0.39, 0.29) is 0 Å². The standard InChI is InChI=1S/C17H21N3O3/c1-3-23-17(21)15-10-16(19-18-15)20(13-7-8-13)11-12-5-4-6-14(9-12)22-2/h4-6,9-10,13H,3,7-8,11H2,1-2H3,(H,18,19). The van der Waals surface area contributed by atoms with Crippen molar-refractivity contribution in [2.75, 3.05) is 18.6 Å². The number of methoxy groups -OCH3 is 1. The fraction of sp³-hybridized carbons (Fsp3) is 0.412. The molecular formula is C17H21N3O3. The Morgan fingerprint density at radius 2 is 2.22 bits per heavy atom. The average Bonchev–Trinajstić information content (AvgIpc) is 3.29. The van der Waals surface area contributed by atoms with Gasteiger partial charge in [0, 0.05) is 18.7 Å². The van der Waals surface area contributed by atoms with E-state index in [1.54, 1.807) is 20.1 Å². The molecule has 0 spiro atoms. The van der Waals surface area contributed by atoms with E-state index in [1.807, 2.05) is 18.2 Å². The highest BCUT2D eigenvalue weighted by Crippen LogP contribution is 2.32. The minimum Gasteiger partial charge on any atom is -0.497 e. The molecule has 0 amide bonds. The van der Waals surface area contributed by atoms with Crippen molar-refractivity contribution in [3.63, 3.8) is 0 Å². The molecule has 2 aromatic rings. The Morgan fingerprint density at radius 3 is 2.91 bits per heavy atom. The summed E-state index contributed by atoms with van der Waals surface area (Å²) in [7, 11) is 1.66. The van der Waals surface area contributed by atoms with Crippen LogP contribution < -0.4 is 9.64 Å². The van der Waals surface area contributed by atoms with Crippen LogP contribution in [0.1, 0.15) is 35.8 Å². The Balaban J connectivity index is 1.78. The van der Waals surface area contributed by atoms with Crippen molar-refractivity contribution < 1.29 is 14.3 Å². The number of carbonyl (C=O) groups is 1. The maximum Gasteiger partial charge on any atom is 0.358 e. The van der Waals surface area contributed by atoms with Gasteiger partial charge in [-0.2, -0.15) is 5.10 Å². The van der Waals surface area contributed by atoms with Crippen LogP contribution in [0.15, 0.2) is 30.3 Å². The summed E-state index contributed by atoms with van der Waals surface area (Å²) in [6, 6.07) is 10.3. The molecule has 1 aromatic carbocycles. The lowest BCUT2D eigenvalue weighted by Crippen LogP contribution is -2.25. The first-order valence-electron chi connectivity index (χ1n) is 7.83. The summed E-state index contributed by atoms with van der Waals surface area (Å²) in [6.45, 7) is 2.87. The highest BCUT2D eigenvalue weighted by Gasteiger charge is 2.31. The number of ether oxygens (including phenoxy) is 2. The van der Waals surface area contributed by atoms with Crippen LogP contribution in [-0.2, 0) is 11.3 Å². The molecule has 6 nitrogen and oxygen atoms in total. The van der Waals surface area contributed by atoms with Gasteiger partial charge in [-0.15, -0.1) is 0 Å². The van der Waals surface area contributed by atoms with Gasteiger partial charge in [0.25, 0.3) is 0 Å². The molecule has 1 aromatic heterocycles. The summed E-state index contributed by atoms with van der Waals surface area (Å²) in [4.78, 5) is 14.0. The zero-order valence-electron chi connectivity index (χ0n) is 13.4. The van der Waals surface area contributed by atoms with Crippen LogP contribution in [0.3, 0.4) is 0 Å². The van der Waals surface area contributed by atoms with Gasteiger partial charge in [-0.3, -0.25) is 5.10 Å². The minimum atomic E-state index is -0.396. The first-order chi connectivity index (χ1) is 11.2. The van der Waals surface area contributed by atoms with Crippen molar-refractivity contribution in [2.45, 2.75) is 32.4 Å². The van der Waals surface area contributed by atoms with Crippen molar-refractivity contribution in [2.24, 2.45) is 0 Å². The Labute approximate surface area is 135 Å². The smallest absolute Gasteiger partial charge is 0.358 e. The molecule has 122 valence electrons. The van der Waals surface area contributed by atoms with Crippen LogP contribution in [0, 0.1) is 0 Å². The number of anilines is 1. The van der Waals surface area contributed by atoms with Gasteiger partial charge in [0.1, 0.15) is 11.6 Å². The lowest BCUT2D eigenvalue weighted by Gasteiger charge is -2.22. The first kappa shape index (κ1) is 15.4. The van der Waals surface area contributed by atoms with Gasteiger partial charge in [0.05, 0.1) is 13.7 Å². The summed E-state index contributed by atoms with van der Waals surface area (Å²) in [5.74, 6) is 1.29. The van der Waals surface area contributed by atoms with Gasteiger partial charge in [0.15, 0.2) is 5.69 Å². The molecular weight excluding hydrogens is 294 g/mol. The van der Waals surface area contributed by atoms with Crippen molar-refractivity contribution in [1.82, 2.24) is 10.2 Å². The summed E-state index contributed by atoms with van der Waals surface area (Å²) in [6.07, 6.45) is 2.30. The second kappa shape index (κ2) is 6.73. The topological polar surface area (TPSA) is 67.4 Å². The monoisotopic (exact) mass is 315 g/mol. The number of H-pyrrole nitrogens is 1. The van der Waals surface area contributed by atoms with Gasteiger partial charge < -0.3 is 14.4 Å². The Bertz CT molecular complexity index is 679. The SMILES string of the molecule is CCOC(=O)c1cc(N(Cc2cccc(OC)c2)C2CC2)[nH]n1. The molecule has 1 heterocycles. The van der Waals surface area contributed by atoms with E-state index in [4.69, 9.17) is 9.47 Å². The Morgan fingerprint density at radius 1 is 1.39 bits per heavy atom. The van der Waals surface area contributed by atoms with Gasteiger partial charge in [-0.25, -0.2) is 4.79 Å². The van der Waals surface area contributed by atoms with Gasteiger partial charge >= 0.3 is 5.97 Å². The number of nitrogens with one attached hydrogen (secondary N) is 1. The van der Waals surface area contributed by atoms with Crippen LogP contribution in [0.4, 0.5) is 5.82 Å². The maximum atomic E-state index is 11.8. The number of benzene rings is 1. The number of aromatic nitrogens is 2. The molecule has 0 saturated heterocycles. The first-order valence-corrected chi connectivity index (χ1v) is 7.83. The zero-order chi connectivity index (χ0) is 16.2. The minimum absolute atomic E-state index is 0.318. The lowest BCUT2D eigenvalue weighted by atomic mass is 10.2. The average molecular weight is 315 g/mol. The third-order valence-electron chi connectivity index (χ3n) is 3.83. The molecule has 1 aliphatic carbocycles. The van der Waals surface area contributed by atoms with Gasteiger partial charge in [-0.1, -0.05) is 12.1 Å². The van der Waals surface area contributed by atoms with Crippen LogP contribution in [0.5, 0.6) is 5.75 Å². The quantitative estimate of drug-likeness (QED) is 0.796. The van der Waals surface area contributed by atoms with Crippen molar-refractivity contribution >= 4 is 11.8 Å². The van der Waals surface area contributed by atoms with Crippen LogP contribution in [0.25, 0.3) is 0 Å². The molecule has 0 unspecified atom stereocenters. The van der Waals surface area contributed by atoms with Crippen LogP contribution in [-0.4, -0.2) is 35.9 Å². The van der Waals surface area contributed by atoms with Crippen molar-refractivity contribution in [3.8, 4) is 5.75 Å². The van der Waals surface area contributed by atoms with E-state index in [2.05, 4.69) is 21.2 Å². The highest BCUT2D eigenvalue weighted by atomic mass is 16.5. The predicted octanol–water partition coefficient (Wildman–Crippen LogP) is 2.76. The number of esters is 1. The summed E-state index contributed by atoms with van der Waals surface area (Å²) in [5.41, 5.74) is 1.47. The molecule has 0 radical (unpaired) electrons. The predicted molar refractivity (Wildman–Crippen MR) is 86.7 cm³/mol. The fourth-order valence-electron chi connectivity index (χ4n) is 2.53. The molecule has 3 rings (SSSR count). The van der Waals surface area contributed by atoms with Crippen molar-refractivity contribution in [1.29, 1.82) is 0 Å². The largest absolute Gasteiger partial charge is 0.497 e. The third-order valence-corrected chi connectivity index (χ3v) is 3.83. The van der Waals surface area contributed by atoms with E-state index in [0.29, 0.717) is 18.3 Å². The fourth-order valence-corrected chi connectivity index (χ4v) is 2.53. The number of hydrogen-bond donors (Lipinski definition) is 1. The van der Waals surface area contributed by atoms with E-state index in [0.717, 1.165) is 36.5 Å². The lowest BCUT2D eigenvalue weighted by molar-refractivity contribution is 0.0519. The molecule has 1 N–H and O–H groups in total. The molecule has 6 heteroatoms. The number of rotatable bonds is 7. The molecule has 1 aliphatic rings. The van der Waals surface area contributed by atoms with E-state index >= 15 is 0 Å². The molecule has 0 atom stereocenters. The Hall–Kier alpha value is -2.50. The van der Waals surface area contributed by atoms with E-state index in [9.17, 15) is 4.79 Å². The van der Waals surface area contributed by atoms with E-state index < -0.39 is 5.97 Å². The van der Waals surface area contributed by atoms with Gasteiger partial charge in [-0.05, 0) is 37.5 Å². The summed E-state index contributed by atoms with van der Waals surface area (Å²) >= 11 is 0. The summed E-state index contributed by atoms with van der Waals surface area (Å²) in [5, 5.41) is 7.03. The maximum absolute atomic E-state index is 11.8. The Kier molecular flexibility index (Phi) is 4.50. The number of carbonyl (C=O) groups excluding carboxylic acids is 1. The molecule has 23 heavy (non-hydrogen) atoms. The van der Waals surface area contributed by atoms with Crippen LogP contribution >= 0.6 is 0 Å². The third kappa shape index (κ3) is 3.64. The van der Waals surface area contributed by atoms with Crippen molar-refractivity contribution in [3.05, 3.63) is 41.6 Å². The van der Waals surface area contributed by atoms with Gasteiger partial charge in [0.2, 0.25) is 0 Å². The molecule has 1 saturated carbocycles. The highest BCUT2D eigenvalue weighted by molar-refractivity contribution is 5.88. The molecule has 0 bridgehead atoms. The zero-order valence-corrected chi connectivity index (χ0v) is 13.4. The number of nitrogens with zero attached hydrogens (tertiary/aromatic N) is 2. The second-order valence-electron chi connectivity index (χ2n) is 5.57.